The summed E-state index contributed by atoms with van der Waals surface area (Å²) >= 11 is 14.4. The Kier molecular flexibility index (Phi) is 5.95. The summed E-state index contributed by atoms with van der Waals surface area (Å²) in [6.07, 6.45) is 0. The first kappa shape index (κ1) is 17.8. The number of hydrogen-bond acceptors (Lipinski definition) is 6. The van der Waals surface area contributed by atoms with E-state index in [-0.39, 0.29) is 10.9 Å². The minimum Gasteiger partial charge on any atom is -0.257 e. The van der Waals surface area contributed by atoms with Crippen LogP contribution in [0.1, 0.15) is 19.4 Å². The zero-order chi connectivity index (χ0) is 16.3. The second kappa shape index (κ2) is 7.35. The zero-order valence-corrected chi connectivity index (χ0v) is 15.7. The fourth-order valence-corrected chi connectivity index (χ4v) is 5.21. The van der Waals surface area contributed by atoms with Crippen LogP contribution in [0.5, 0.6) is 0 Å². The molecule has 120 valence electrons. The van der Waals surface area contributed by atoms with Crippen LogP contribution in [0.25, 0.3) is 0 Å². The largest absolute Gasteiger partial charge is 0.257 e. The third-order valence-electron chi connectivity index (χ3n) is 2.33. The topological polar surface area (TPSA) is 72.0 Å². The van der Waals surface area contributed by atoms with Crippen molar-refractivity contribution < 1.29 is 8.42 Å². The molecule has 0 atom stereocenters. The average Bonchev–Trinajstić information content (AvgIpc) is 2.79. The normalized spacial score (nSPS) is 11.9. The number of hydrogen-bond donors (Lipinski definition) is 1. The van der Waals surface area contributed by atoms with E-state index in [2.05, 4.69) is 14.9 Å². The molecule has 1 heterocycles. The predicted octanol–water partition coefficient (Wildman–Crippen LogP) is 4.29. The smallest absolute Gasteiger partial charge is 0.238 e. The maximum absolute atomic E-state index is 12.1. The summed E-state index contributed by atoms with van der Waals surface area (Å²) in [5.41, 5.74) is 0.545. The molecule has 0 bridgehead atoms. The summed E-state index contributed by atoms with van der Waals surface area (Å²) in [6.45, 7) is 4.06. The number of halogens is 2. The van der Waals surface area contributed by atoms with Gasteiger partial charge in [0.2, 0.25) is 15.2 Å². The quantitative estimate of drug-likeness (QED) is 0.735. The van der Waals surface area contributed by atoms with Gasteiger partial charge in [-0.15, -0.1) is 10.2 Å². The molecule has 0 saturated carbocycles. The first-order chi connectivity index (χ1) is 10.2. The number of anilines is 1. The summed E-state index contributed by atoms with van der Waals surface area (Å²) < 4.78 is 27.4. The summed E-state index contributed by atoms with van der Waals surface area (Å²) in [7, 11) is -3.59. The molecule has 1 N–H and O–H groups in total. The van der Waals surface area contributed by atoms with Crippen LogP contribution in [-0.4, -0.2) is 23.9 Å². The van der Waals surface area contributed by atoms with Gasteiger partial charge >= 0.3 is 0 Å². The maximum Gasteiger partial charge on any atom is 0.238 e. The highest BCUT2D eigenvalue weighted by atomic mass is 35.5. The van der Waals surface area contributed by atoms with Crippen molar-refractivity contribution in [3.63, 3.8) is 0 Å². The molecule has 0 aliphatic heterocycles. The molecule has 0 unspecified atom stereocenters. The van der Waals surface area contributed by atoms with Crippen LogP contribution in [0.4, 0.5) is 5.13 Å². The lowest BCUT2D eigenvalue weighted by atomic mass is 10.2. The SMILES string of the molecule is CC(C)Sc1nnc(NS(=O)(=O)Cc2ccc(Cl)c(Cl)c2)s1. The van der Waals surface area contributed by atoms with Gasteiger partial charge in [-0.2, -0.15) is 0 Å². The van der Waals surface area contributed by atoms with Crippen molar-refractivity contribution in [3.8, 4) is 0 Å². The van der Waals surface area contributed by atoms with E-state index in [1.807, 2.05) is 13.8 Å². The van der Waals surface area contributed by atoms with Gasteiger partial charge in [0.05, 0.1) is 15.8 Å². The third-order valence-corrected chi connectivity index (χ3v) is 6.34. The van der Waals surface area contributed by atoms with Crippen LogP contribution >= 0.6 is 46.3 Å². The van der Waals surface area contributed by atoms with E-state index < -0.39 is 10.0 Å². The number of nitrogens with zero attached hydrogens (tertiary/aromatic N) is 2. The Labute approximate surface area is 147 Å². The van der Waals surface area contributed by atoms with E-state index in [1.165, 1.54) is 29.2 Å². The first-order valence-electron chi connectivity index (χ1n) is 6.20. The Morgan fingerprint density at radius 2 is 2.00 bits per heavy atom. The van der Waals surface area contributed by atoms with Crippen molar-refractivity contribution in [2.45, 2.75) is 29.2 Å². The minimum absolute atomic E-state index is 0.212. The number of aromatic nitrogens is 2. The fraction of sp³-hybridized carbons (Fsp3) is 0.333. The molecule has 2 aromatic rings. The van der Waals surface area contributed by atoms with Crippen LogP contribution in [0.3, 0.4) is 0 Å². The lowest BCUT2D eigenvalue weighted by Gasteiger charge is -2.05. The Bertz CT molecular complexity index is 763. The van der Waals surface area contributed by atoms with Gasteiger partial charge < -0.3 is 0 Å². The molecule has 10 heteroatoms. The third kappa shape index (κ3) is 5.27. The highest BCUT2D eigenvalue weighted by Crippen LogP contribution is 2.29. The van der Waals surface area contributed by atoms with E-state index in [4.69, 9.17) is 23.2 Å². The van der Waals surface area contributed by atoms with E-state index in [0.717, 1.165) is 4.34 Å². The number of rotatable bonds is 6. The maximum atomic E-state index is 12.1. The summed E-state index contributed by atoms with van der Waals surface area (Å²) in [6, 6.07) is 4.72. The van der Waals surface area contributed by atoms with Crippen LogP contribution in [0.15, 0.2) is 22.5 Å². The molecule has 2 rings (SSSR count). The lowest BCUT2D eigenvalue weighted by molar-refractivity contribution is 0.600. The molecule has 0 fully saturated rings. The van der Waals surface area contributed by atoms with Crippen molar-refractivity contribution in [2.24, 2.45) is 0 Å². The number of benzene rings is 1. The van der Waals surface area contributed by atoms with E-state index in [9.17, 15) is 8.42 Å². The van der Waals surface area contributed by atoms with Gasteiger partial charge in [-0.05, 0) is 17.7 Å². The second-order valence-corrected chi connectivity index (χ2v) is 9.99. The summed E-state index contributed by atoms with van der Waals surface area (Å²) in [4.78, 5) is 0. The standard InChI is InChI=1S/C12H13Cl2N3O2S3/c1-7(2)20-12-16-15-11(21-12)17-22(18,19)6-8-3-4-9(13)10(14)5-8/h3-5,7H,6H2,1-2H3,(H,15,17). The van der Waals surface area contributed by atoms with Crippen molar-refractivity contribution in [3.05, 3.63) is 33.8 Å². The molecule has 0 spiro atoms. The molecule has 0 aliphatic carbocycles. The highest BCUT2D eigenvalue weighted by molar-refractivity contribution is 8.01. The van der Waals surface area contributed by atoms with Crippen molar-refractivity contribution in [2.75, 3.05) is 4.72 Å². The Morgan fingerprint density at radius 1 is 1.27 bits per heavy atom. The Morgan fingerprint density at radius 3 is 2.64 bits per heavy atom. The Hall–Kier alpha value is -0.540. The monoisotopic (exact) mass is 397 g/mol. The highest BCUT2D eigenvalue weighted by Gasteiger charge is 2.16. The van der Waals surface area contributed by atoms with Gasteiger partial charge in [-0.3, -0.25) is 4.72 Å². The molecule has 0 radical (unpaired) electrons. The summed E-state index contributed by atoms with van der Waals surface area (Å²) in [5.74, 6) is -0.212. The molecule has 0 saturated heterocycles. The van der Waals surface area contributed by atoms with Crippen LogP contribution in [0.2, 0.25) is 10.0 Å². The minimum atomic E-state index is -3.59. The molecule has 0 aliphatic rings. The molecule has 5 nitrogen and oxygen atoms in total. The van der Waals surface area contributed by atoms with Gasteiger partial charge in [-0.1, -0.05) is 66.2 Å². The van der Waals surface area contributed by atoms with Crippen LogP contribution in [0, 0.1) is 0 Å². The summed E-state index contributed by atoms with van der Waals surface area (Å²) in [5, 5.41) is 9.09. The van der Waals surface area contributed by atoms with E-state index in [0.29, 0.717) is 20.9 Å². The zero-order valence-electron chi connectivity index (χ0n) is 11.7. The van der Waals surface area contributed by atoms with E-state index in [1.54, 1.807) is 12.1 Å². The molecule has 1 aromatic heterocycles. The van der Waals surface area contributed by atoms with Crippen LogP contribution in [-0.2, 0) is 15.8 Å². The van der Waals surface area contributed by atoms with Crippen LogP contribution < -0.4 is 4.72 Å². The van der Waals surface area contributed by atoms with Crippen molar-refractivity contribution in [1.29, 1.82) is 0 Å². The number of thioether (sulfide) groups is 1. The fourth-order valence-electron chi connectivity index (χ4n) is 1.52. The van der Waals surface area contributed by atoms with Gasteiger partial charge in [0, 0.05) is 5.25 Å². The van der Waals surface area contributed by atoms with E-state index >= 15 is 0 Å². The molecule has 0 amide bonds. The second-order valence-electron chi connectivity index (χ2n) is 4.65. The molecular formula is C12H13Cl2N3O2S3. The van der Waals surface area contributed by atoms with Gasteiger partial charge in [0.25, 0.3) is 0 Å². The Balaban J connectivity index is 2.07. The van der Waals surface area contributed by atoms with Gasteiger partial charge in [-0.25, -0.2) is 8.42 Å². The first-order valence-corrected chi connectivity index (χ1v) is 10.3. The predicted molar refractivity (Wildman–Crippen MR) is 93.6 cm³/mol. The van der Waals surface area contributed by atoms with Crippen molar-refractivity contribution >= 4 is 61.5 Å². The molecular weight excluding hydrogens is 385 g/mol. The average molecular weight is 398 g/mol. The van der Waals surface area contributed by atoms with Crippen molar-refractivity contribution in [1.82, 2.24) is 10.2 Å². The van der Waals surface area contributed by atoms with Gasteiger partial charge in [0.15, 0.2) is 4.34 Å². The number of nitrogens with one attached hydrogen (secondary N) is 1. The van der Waals surface area contributed by atoms with Gasteiger partial charge in [0.1, 0.15) is 0 Å². The molecule has 1 aromatic carbocycles. The lowest BCUT2D eigenvalue weighted by Crippen LogP contribution is -2.14. The number of sulfonamides is 1. The molecule has 22 heavy (non-hydrogen) atoms.